The zero-order valence-electron chi connectivity index (χ0n) is 20.3. The number of aliphatic hydroxyl groups excluding tert-OH is 4. The average molecular weight is 435 g/mol. The van der Waals surface area contributed by atoms with Gasteiger partial charge in [-0.05, 0) is 97.7 Å². The van der Waals surface area contributed by atoms with Gasteiger partial charge in [0.25, 0.3) is 0 Å². The number of allylic oxidation sites excluding steroid dienone is 1. The minimum Gasteiger partial charge on any atom is -0.393 e. The lowest BCUT2D eigenvalue weighted by atomic mass is 9.46. The fourth-order valence-corrected chi connectivity index (χ4v) is 8.78. The second-order valence-electron chi connectivity index (χ2n) is 12.6. The summed E-state index contributed by atoms with van der Waals surface area (Å²) in [5.74, 6) is 1.59. The lowest BCUT2D eigenvalue weighted by molar-refractivity contribution is -0.136. The highest BCUT2D eigenvalue weighted by atomic mass is 16.3. The van der Waals surface area contributed by atoms with Crippen LogP contribution in [0, 0.1) is 46.3 Å². The van der Waals surface area contributed by atoms with Gasteiger partial charge in [0.1, 0.15) is 0 Å². The van der Waals surface area contributed by atoms with Gasteiger partial charge in [0.05, 0.1) is 24.4 Å². The molecule has 4 heteroatoms. The minimum absolute atomic E-state index is 0.0293. The zero-order chi connectivity index (χ0) is 22.7. The third kappa shape index (κ3) is 3.84. The number of rotatable bonds is 5. The first kappa shape index (κ1) is 23.7. The number of aliphatic hydroxyl groups is 4. The van der Waals surface area contributed by atoms with Gasteiger partial charge in [-0.25, -0.2) is 0 Å². The van der Waals surface area contributed by atoms with Crippen LogP contribution in [0.25, 0.3) is 0 Å². The van der Waals surface area contributed by atoms with Gasteiger partial charge >= 0.3 is 0 Å². The van der Waals surface area contributed by atoms with Crippen LogP contribution in [0.2, 0.25) is 0 Å². The summed E-state index contributed by atoms with van der Waals surface area (Å²) in [5, 5.41) is 44.0. The molecule has 0 spiro atoms. The molecule has 4 aliphatic rings. The van der Waals surface area contributed by atoms with Crippen molar-refractivity contribution in [3.05, 3.63) is 11.6 Å². The number of fused-ring (bicyclic) bond motifs is 5. The van der Waals surface area contributed by atoms with Crippen molar-refractivity contribution in [1.82, 2.24) is 0 Å². The summed E-state index contributed by atoms with van der Waals surface area (Å²) in [6, 6.07) is 0. The van der Waals surface area contributed by atoms with Crippen LogP contribution in [0.15, 0.2) is 11.6 Å². The van der Waals surface area contributed by atoms with Gasteiger partial charge in [0, 0.05) is 0 Å². The Bertz CT molecular complexity index is 689. The van der Waals surface area contributed by atoms with Crippen molar-refractivity contribution in [2.45, 2.75) is 110 Å². The van der Waals surface area contributed by atoms with Crippen molar-refractivity contribution in [1.29, 1.82) is 0 Å². The van der Waals surface area contributed by atoms with Crippen LogP contribution in [-0.2, 0) is 0 Å². The maximum atomic E-state index is 11.6. The molecule has 0 aromatic heterocycles. The van der Waals surface area contributed by atoms with E-state index in [2.05, 4.69) is 40.7 Å². The Labute approximate surface area is 189 Å². The lowest BCUT2D eigenvalue weighted by Crippen LogP contribution is -2.57. The first-order valence-corrected chi connectivity index (χ1v) is 12.9. The lowest BCUT2D eigenvalue weighted by Gasteiger charge is -2.60. The summed E-state index contributed by atoms with van der Waals surface area (Å²) in [6.45, 7) is 11.1. The summed E-state index contributed by atoms with van der Waals surface area (Å²) in [6.07, 6.45) is 7.67. The standard InChI is InChI=1S/C27H46O4/c1-15(2)6-9-21(29)16(3)24-22(30)13-20-19-8-7-17-12-18(28)10-11-26(17,4)25(19)23(31)14-27(20,24)5/h7,15-16,18-25,28-31H,6,8-14H2,1-5H3/t16-,18+,19+,20+,21+,22+,23?,24+,25-,26+,27+/m1/s1. The Morgan fingerprint density at radius 2 is 1.77 bits per heavy atom. The average Bonchev–Trinajstić information content (AvgIpc) is 2.95. The highest BCUT2D eigenvalue weighted by Crippen LogP contribution is 2.67. The summed E-state index contributed by atoms with van der Waals surface area (Å²) in [7, 11) is 0. The fourth-order valence-electron chi connectivity index (χ4n) is 8.78. The normalized spacial score (nSPS) is 49.1. The first-order valence-electron chi connectivity index (χ1n) is 12.9. The molecule has 0 bridgehead atoms. The predicted octanol–water partition coefficient (Wildman–Crippen LogP) is 4.30. The van der Waals surface area contributed by atoms with E-state index >= 15 is 0 Å². The van der Waals surface area contributed by atoms with Crippen LogP contribution in [0.5, 0.6) is 0 Å². The second-order valence-corrected chi connectivity index (χ2v) is 12.6. The number of hydrogen-bond donors (Lipinski definition) is 4. The number of hydrogen-bond acceptors (Lipinski definition) is 4. The van der Waals surface area contributed by atoms with Gasteiger partial charge < -0.3 is 20.4 Å². The van der Waals surface area contributed by atoms with Gasteiger partial charge in [0.2, 0.25) is 0 Å². The molecule has 0 aliphatic heterocycles. The second kappa shape index (κ2) is 8.42. The molecule has 0 heterocycles. The monoisotopic (exact) mass is 434 g/mol. The van der Waals surface area contributed by atoms with Crippen molar-refractivity contribution in [2.75, 3.05) is 0 Å². The fraction of sp³-hybridized carbons (Fsp3) is 0.926. The third-order valence-corrected chi connectivity index (χ3v) is 10.3. The maximum absolute atomic E-state index is 11.6. The summed E-state index contributed by atoms with van der Waals surface area (Å²) >= 11 is 0. The van der Waals surface area contributed by atoms with E-state index in [0.717, 1.165) is 44.9 Å². The van der Waals surface area contributed by atoms with Crippen molar-refractivity contribution in [2.24, 2.45) is 46.3 Å². The molecule has 0 aromatic carbocycles. The topological polar surface area (TPSA) is 80.9 Å². The van der Waals surface area contributed by atoms with E-state index in [1.54, 1.807) is 0 Å². The molecule has 4 aliphatic carbocycles. The Balaban J connectivity index is 1.60. The van der Waals surface area contributed by atoms with E-state index in [-0.39, 0.29) is 40.8 Å². The highest BCUT2D eigenvalue weighted by Gasteiger charge is 2.64. The van der Waals surface area contributed by atoms with E-state index in [0.29, 0.717) is 24.2 Å². The SMILES string of the molecule is CC(C)CC[C@H](O)[C@@H](C)[C@H]1[C@@H](O)C[C@H]2[C@@H]3CC=C4C[C@@H](O)CC[C@]4(C)[C@H]3C(O)C[C@]12C. The molecule has 0 amide bonds. The van der Waals surface area contributed by atoms with Crippen LogP contribution in [0.1, 0.15) is 86.0 Å². The maximum Gasteiger partial charge on any atom is 0.0585 e. The van der Waals surface area contributed by atoms with Crippen LogP contribution in [0.4, 0.5) is 0 Å². The molecule has 11 atom stereocenters. The molecule has 0 saturated heterocycles. The summed E-state index contributed by atoms with van der Waals surface area (Å²) < 4.78 is 0. The first-order chi connectivity index (χ1) is 14.5. The van der Waals surface area contributed by atoms with E-state index < -0.39 is 12.2 Å². The van der Waals surface area contributed by atoms with Gasteiger partial charge in [-0.15, -0.1) is 0 Å². The van der Waals surface area contributed by atoms with Crippen LogP contribution in [-0.4, -0.2) is 44.8 Å². The molecular weight excluding hydrogens is 388 g/mol. The molecule has 4 rings (SSSR count). The van der Waals surface area contributed by atoms with Crippen molar-refractivity contribution in [3.63, 3.8) is 0 Å². The van der Waals surface area contributed by atoms with Crippen LogP contribution >= 0.6 is 0 Å². The van der Waals surface area contributed by atoms with E-state index in [9.17, 15) is 20.4 Å². The molecule has 0 radical (unpaired) electrons. The Hall–Kier alpha value is -0.420. The smallest absolute Gasteiger partial charge is 0.0585 e. The molecule has 31 heavy (non-hydrogen) atoms. The zero-order valence-corrected chi connectivity index (χ0v) is 20.3. The van der Waals surface area contributed by atoms with Crippen molar-refractivity contribution < 1.29 is 20.4 Å². The van der Waals surface area contributed by atoms with Crippen LogP contribution < -0.4 is 0 Å². The van der Waals surface area contributed by atoms with E-state index in [1.807, 2.05) is 0 Å². The molecule has 4 N–H and O–H groups in total. The predicted molar refractivity (Wildman–Crippen MR) is 123 cm³/mol. The van der Waals surface area contributed by atoms with Gasteiger partial charge in [-0.1, -0.05) is 46.3 Å². The van der Waals surface area contributed by atoms with Gasteiger partial charge in [0.15, 0.2) is 0 Å². The van der Waals surface area contributed by atoms with Crippen molar-refractivity contribution in [3.8, 4) is 0 Å². The van der Waals surface area contributed by atoms with E-state index in [4.69, 9.17) is 0 Å². The Morgan fingerprint density at radius 3 is 2.45 bits per heavy atom. The van der Waals surface area contributed by atoms with Gasteiger partial charge in [-0.3, -0.25) is 0 Å². The third-order valence-electron chi connectivity index (χ3n) is 10.3. The Kier molecular flexibility index (Phi) is 6.44. The van der Waals surface area contributed by atoms with Gasteiger partial charge in [-0.2, -0.15) is 0 Å². The molecule has 3 saturated carbocycles. The summed E-state index contributed by atoms with van der Waals surface area (Å²) in [4.78, 5) is 0. The molecule has 1 unspecified atom stereocenters. The molecule has 3 fully saturated rings. The van der Waals surface area contributed by atoms with Crippen LogP contribution in [0.3, 0.4) is 0 Å². The highest BCUT2D eigenvalue weighted by molar-refractivity contribution is 5.27. The molecular formula is C27H46O4. The quantitative estimate of drug-likeness (QED) is 0.486. The van der Waals surface area contributed by atoms with E-state index in [1.165, 1.54) is 5.57 Å². The summed E-state index contributed by atoms with van der Waals surface area (Å²) in [5.41, 5.74) is 1.17. The van der Waals surface area contributed by atoms with Crippen molar-refractivity contribution >= 4 is 0 Å². The molecule has 4 nitrogen and oxygen atoms in total. The molecule has 0 aromatic rings. The largest absolute Gasteiger partial charge is 0.393 e. The molecule has 178 valence electrons. The Morgan fingerprint density at radius 1 is 1.06 bits per heavy atom. The minimum atomic E-state index is -0.406.